The zero-order valence-electron chi connectivity index (χ0n) is 21.5. The average molecular weight is 556 g/mol. The van der Waals surface area contributed by atoms with Crippen LogP contribution in [-0.4, -0.2) is 66.6 Å². The lowest BCUT2D eigenvalue weighted by molar-refractivity contribution is -0.0369. The minimum atomic E-state index is -1.89. The van der Waals surface area contributed by atoms with E-state index < -0.39 is 23.3 Å². The fraction of sp³-hybridized carbons (Fsp3) is 0.333. The van der Waals surface area contributed by atoms with Crippen LogP contribution in [-0.2, 0) is 12.1 Å². The highest BCUT2D eigenvalue weighted by Crippen LogP contribution is 2.37. The molecule has 9 nitrogen and oxygen atoms in total. The lowest BCUT2D eigenvalue weighted by Crippen LogP contribution is -2.48. The van der Waals surface area contributed by atoms with Crippen LogP contribution in [0.5, 0.6) is 0 Å². The number of benzene rings is 2. The Morgan fingerprint density at radius 3 is 2.49 bits per heavy atom. The van der Waals surface area contributed by atoms with Crippen molar-refractivity contribution in [3.05, 3.63) is 94.8 Å². The molecule has 2 atom stereocenters. The summed E-state index contributed by atoms with van der Waals surface area (Å²) in [7, 11) is 0. The molecule has 1 N–H and O–H groups in total. The third-order valence-electron chi connectivity index (χ3n) is 7.26. The number of piperazine rings is 1. The number of nitrogens with zero attached hydrogens (tertiary/aromatic N) is 7. The summed E-state index contributed by atoms with van der Waals surface area (Å²) in [6.45, 7) is 5.58. The molecular formula is C27H28ClF2N7O2. The normalized spacial score (nSPS) is 16.3. The van der Waals surface area contributed by atoms with Gasteiger partial charge in [0.25, 0.3) is 5.91 Å². The van der Waals surface area contributed by atoms with Crippen LogP contribution in [0.1, 0.15) is 34.6 Å². The third kappa shape index (κ3) is 5.37. The van der Waals surface area contributed by atoms with Gasteiger partial charge in [-0.3, -0.25) is 9.48 Å². The molecule has 2 aromatic carbocycles. The minimum absolute atomic E-state index is 0.119. The van der Waals surface area contributed by atoms with Crippen LogP contribution in [0.2, 0.25) is 5.02 Å². The second-order valence-electron chi connectivity index (χ2n) is 9.68. The molecule has 204 valence electrons. The highest BCUT2D eigenvalue weighted by atomic mass is 35.5. The summed E-state index contributed by atoms with van der Waals surface area (Å²) in [6, 6.07) is 9.76. The van der Waals surface area contributed by atoms with Crippen molar-refractivity contribution >= 4 is 23.2 Å². The molecule has 0 spiro atoms. The molecule has 4 aromatic rings. The number of aliphatic hydroxyl groups is 1. The van der Waals surface area contributed by atoms with Gasteiger partial charge >= 0.3 is 0 Å². The van der Waals surface area contributed by atoms with Gasteiger partial charge in [0.05, 0.1) is 23.8 Å². The first-order valence-corrected chi connectivity index (χ1v) is 12.9. The van der Waals surface area contributed by atoms with Gasteiger partial charge in [0.2, 0.25) is 0 Å². The summed E-state index contributed by atoms with van der Waals surface area (Å²) in [4.78, 5) is 21.3. The predicted octanol–water partition coefficient (Wildman–Crippen LogP) is 3.83. The summed E-state index contributed by atoms with van der Waals surface area (Å²) in [5, 5.41) is 21.1. The topological polar surface area (TPSA) is 92.3 Å². The maximum absolute atomic E-state index is 14.9. The first-order chi connectivity index (χ1) is 18.7. The monoisotopic (exact) mass is 555 g/mol. The molecular weight excluding hydrogens is 528 g/mol. The van der Waals surface area contributed by atoms with Crippen molar-refractivity contribution in [3.63, 3.8) is 0 Å². The molecule has 5 rings (SSSR count). The number of hydrogen-bond acceptors (Lipinski definition) is 6. The van der Waals surface area contributed by atoms with Crippen molar-refractivity contribution < 1.29 is 18.7 Å². The molecule has 2 aromatic heterocycles. The number of aromatic nitrogens is 5. The zero-order chi connectivity index (χ0) is 27.7. The van der Waals surface area contributed by atoms with Crippen molar-refractivity contribution in [2.24, 2.45) is 0 Å². The third-order valence-corrected chi connectivity index (χ3v) is 7.51. The number of amides is 1. The summed E-state index contributed by atoms with van der Waals surface area (Å²) >= 11 is 6.00. The first-order valence-electron chi connectivity index (χ1n) is 12.5. The molecule has 39 heavy (non-hydrogen) atoms. The molecule has 12 heteroatoms. The van der Waals surface area contributed by atoms with Gasteiger partial charge in [0.1, 0.15) is 29.9 Å². The van der Waals surface area contributed by atoms with Gasteiger partial charge in [-0.2, -0.15) is 10.2 Å². The Labute approximate surface area is 229 Å². The smallest absolute Gasteiger partial charge is 0.257 e. The Kier molecular flexibility index (Phi) is 7.37. The standard InChI is InChI=1S/C27H28ClF2N7O2/c1-18-23(26(38)35-11-9-34(10-12-35)22-6-3-20(28)4-7-22)14-37(33-18)19(2)27(39,15-36-17-31-16-32-36)24-8-5-21(29)13-25(24)30/h3-8,13-14,16-17,19,39H,9-12,15H2,1-2H3/t19-,27-/m1/s1. The van der Waals surface area contributed by atoms with Gasteiger partial charge < -0.3 is 14.9 Å². The number of rotatable bonds is 7. The highest BCUT2D eigenvalue weighted by molar-refractivity contribution is 6.30. The fourth-order valence-electron chi connectivity index (χ4n) is 4.94. The number of hydrogen-bond donors (Lipinski definition) is 1. The molecule has 0 radical (unpaired) electrons. The number of anilines is 1. The van der Waals surface area contributed by atoms with E-state index in [0.29, 0.717) is 42.5 Å². The molecule has 1 amide bonds. The Hall–Kier alpha value is -3.83. The minimum Gasteiger partial charge on any atom is -0.381 e. The molecule has 1 saturated heterocycles. The quantitative estimate of drug-likeness (QED) is 0.373. The summed E-state index contributed by atoms with van der Waals surface area (Å²) < 4.78 is 31.4. The van der Waals surface area contributed by atoms with Crippen molar-refractivity contribution in [2.45, 2.75) is 32.0 Å². The zero-order valence-corrected chi connectivity index (χ0v) is 22.3. The van der Waals surface area contributed by atoms with E-state index >= 15 is 0 Å². The van der Waals surface area contributed by atoms with E-state index in [1.807, 2.05) is 24.3 Å². The number of aryl methyl sites for hydroxylation is 1. The van der Waals surface area contributed by atoms with Crippen molar-refractivity contribution in [2.75, 3.05) is 31.1 Å². The van der Waals surface area contributed by atoms with Crippen LogP contribution in [0.25, 0.3) is 0 Å². The summed E-state index contributed by atoms with van der Waals surface area (Å²) in [6.07, 6.45) is 4.27. The van der Waals surface area contributed by atoms with Gasteiger partial charge in [0.15, 0.2) is 0 Å². The molecule has 1 aliphatic heterocycles. The van der Waals surface area contributed by atoms with E-state index in [9.17, 15) is 18.7 Å². The van der Waals surface area contributed by atoms with E-state index in [2.05, 4.69) is 20.1 Å². The molecule has 0 saturated carbocycles. The SMILES string of the molecule is Cc1nn([C@H](C)[C@](O)(Cn2cncn2)c2ccc(F)cc2F)cc1C(=O)N1CCN(c2ccc(Cl)cc2)CC1. The van der Waals surface area contributed by atoms with E-state index in [1.54, 1.807) is 24.9 Å². The molecule has 0 unspecified atom stereocenters. The van der Waals surface area contributed by atoms with Crippen molar-refractivity contribution in [1.29, 1.82) is 0 Å². The molecule has 1 aliphatic rings. The average Bonchev–Trinajstić information content (AvgIpc) is 3.57. The lowest BCUT2D eigenvalue weighted by Gasteiger charge is -2.36. The molecule has 0 aliphatic carbocycles. The Morgan fingerprint density at radius 2 is 1.85 bits per heavy atom. The van der Waals surface area contributed by atoms with Crippen LogP contribution < -0.4 is 4.90 Å². The number of carbonyl (C=O) groups is 1. The largest absolute Gasteiger partial charge is 0.381 e. The summed E-state index contributed by atoms with van der Waals surface area (Å²) in [5.74, 6) is -1.83. The van der Waals surface area contributed by atoms with Gasteiger partial charge in [0, 0.05) is 54.7 Å². The number of halogens is 3. The second kappa shape index (κ2) is 10.7. The fourth-order valence-corrected chi connectivity index (χ4v) is 5.07. The van der Waals surface area contributed by atoms with Crippen LogP contribution in [0.15, 0.2) is 61.3 Å². The summed E-state index contributed by atoms with van der Waals surface area (Å²) in [5.41, 5.74) is -0.0940. The van der Waals surface area contributed by atoms with E-state index in [1.165, 1.54) is 28.1 Å². The van der Waals surface area contributed by atoms with Crippen molar-refractivity contribution in [3.8, 4) is 0 Å². The molecule has 0 bridgehead atoms. The Bertz CT molecular complexity index is 1450. The van der Waals surface area contributed by atoms with Crippen LogP contribution >= 0.6 is 11.6 Å². The van der Waals surface area contributed by atoms with Crippen LogP contribution in [0, 0.1) is 18.6 Å². The Morgan fingerprint density at radius 1 is 1.13 bits per heavy atom. The Balaban J connectivity index is 1.37. The predicted molar refractivity (Wildman–Crippen MR) is 142 cm³/mol. The van der Waals surface area contributed by atoms with E-state index in [4.69, 9.17) is 11.6 Å². The number of carbonyl (C=O) groups excluding carboxylic acids is 1. The second-order valence-corrected chi connectivity index (χ2v) is 10.1. The maximum Gasteiger partial charge on any atom is 0.257 e. The van der Waals surface area contributed by atoms with Crippen LogP contribution in [0.3, 0.4) is 0 Å². The molecule has 3 heterocycles. The van der Waals surface area contributed by atoms with Gasteiger partial charge in [-0.1, -0.05) is 17.7 Å². The van der Waals surface area contributed by atoms with E-state index in [-0.39, 0.29) is 18.0 Å². The lowest BCUT2D eigenvalue weighted by atomic mass is 9.86. The maximum atomic E-state index is 14.9. The van der Waals surface area contributed by atoms with Gasteiger partial charge in [-0.25, -0.2) is 18.4 Å². The first kappa shape index (κ1) is 26.8. The molecule has 1 fully saturated rings. The van der Waals surface area contributed by atoms with Crippen molar-refractivity contribution in [1.82, 2.24) is 29.4 Å². The van der Waals surface area contributed by atoms with Gasteiger partial charge in [-0.05, 0) is 44.2 Å². The highest BCUT2D eigenvalue weighted by Gasteiger charge is 2.41. The van der Waals surface area contributed by atoms with Gasteiger partial charge in [-0.15, -0.1) is 0 Å². The van der Waals surface area contributed by atoms with Crippen LogP contribution in [0.4, 0.5) is 14.5 Å². The van der Waals surface area contributed by atoms with E-state index in [0.717, 1.165) is 17.8 Å².